The molecule has 4 rings (SSSR count). The number of pyridine rings is 1. The summed E-state index contributed by atoms with van der Waals surface area (Å²) in [6.45, 7) is 0. The van der Waals surface area contributed by atoms with Gasteiger partial charge < -0.3 is 4.74 Å². The Morgan fingerprint density at radius 2 is 1.71 bits per heavy atom. The van der Waals surface area contributed by atoms with E-state index in [0.717, 1.165) is 3.97 Å². The van der Waals surface area contributed by atoms with Gasteiger partial charge in [0.05, 0.1) is 17.5 Å². The van der Waals surface area contributed by atoms with Crippen LogP contribution >= 0.6 is 0 Å². The summed E-state index contributed by atoms with van der Waals surface area (Å²) in [5, 5.41) is 0.582. The van der Waals surface area contributed by atoms with Crippen molar-refractivity contribution in [2.24, 2.45) is 0 Å². The van der Waals surface area contributed by atoms with Gasteiger partial charge in [-0.05, 0) is 48.5 Å². The predicted molar refractivity (Wildman–Crippen MR) is 105 cm³/mol. The molecule has 4 aromatic rings. The van der Waals surface area contributed by atoms with Crippen LogP contribution in [0.3, 0.4) is 0 Å². The van der Waals surface area contributed by atoms with Gasteiger partial charge in [0.1, 0.15) is 17.1 Å². The van der Waals surface area contributed by atoms with Crippen molar-refractivity contribution in [3.8, 4) is 5.75 Å². The number of benzene rings is 2. The lowest BCUT2D eigenvalue weighted by molar-refractivity contribution is 0.102. The molecule has 0 aliphatic rings. The van der Waals surface area contributed by atoms with Crippen molar-refractivity contribution in [2.75, 3.05) is 7.11 Å². The zero-order valence-corrected chi connectivity index (χ0v) is 15.8. The van der Waals surface area contributed by atoms with Gasteiger partial charge in [-0.15, -0.1) is 0 Å². The molecule has 0 fully saturated rings. The molecule has 2 aromatic carbocycles. The highest BCUT2D eigenvalue weighted by Gasteiger charge is 2.27. The molecule has 28 heavy (non-hydrogen) atoms. The average Bonchev–Trinajstić information content (AvgIpc) is 3.13. The van der Waals surface area contributed by atoms with E-state index in [2.05, 4.69) is 4.98 Å². The zero-order valence-electron chi connectivity index (χ0n) is 14.9. The first-order valence-electron chi connectivity index (χ1n) is 8.48. The van der Waals surface area contributed by atoms with E-state index in [9.17, 15) is 13.2 Å². The second-order valence-corrected chi connectivity index (χ2v) is 7.87. The molecule has 0 amide bonds. The van der Waals surface area contributed by atoms with Crippen molar-refractivity contribution in [3.05, 3.63) is 90.4 Å². The van der Waals surface area contributed by atoms with Crippen molar-refractivity contribution in [2.45, 2.75) is 4.90 Å². The maximum atomic E-state index is 13.4. The van der Waals surface area contributed by atoms with Crippen LogP contribution in [0.1, 0.15) is 16.2 Å². The number of rotatable bonds is 5. The highest BCUT2D eigenvalue weighted by molar-refractivity contribution is 7.90. The number of aromatic nitrogens is 2. The van der Waals surface area contributed by atoms with Crippen LogP contribution in [0.15, 0.2) is 83.9 Å². The van der Waals surface area contributed by atoms with Crippen molar-refractivity contribution < 1.29 is 17.9 Å². The predicted octanol–water partition coefficient (Wildman–Crippen LogP) is 3.51. The molecule has 0 N–H and O–H groups in total. The molecule has 2 heterocycles. The van der Waals surface area contributed by atoms with E-state index in [1.807, 2.05) is 0 Å². The highest BCUT2D eigenvalue weighted by Crippen LogP contribution is 2.29. The first kappa shape index (κ1) is 17.9. The van der Waals surface area contributed by atoms with E-state index in [1.54, 1.807) is 60.7 Å². The van der Waals surface area contributed by atoms with E-state index in [0.29, 0.717) is 16.7 Å². The van der Waals surface area contributed by atoms with Crippen LogP contribution in [0.25, 0.3) is 10.9 Å². The summed E-state index contributed by atoms with van der Waals surface area (Å²) in [5.41, 5.74) is 0.580. The van der Waals surface area contributed by atoms with Gasteiger partial charge in [0, 0.05) is 11.6 Å². The molecular formula is C21H16N2O4S. The summed E-state index contributed by atoms with van der Waals surface area (Å²) in [7, 11) is -2.47. The van der Waals surface area contributed by atoms with Gasteiger partial charge in [-0.3, -0.25) is 9.78 Å². The third-order valence-corrected chi connectivity index (χ3v) is 6.12. The molecule has 0 saturated carbocycles. The SMILES string of the molecule is COc1ccc2c(c1)cc(C(=O)c1ccccn1)n2S(=O)(=O)c1ccccc1. The van der Waals surface area contributed by atoms with Crippen LogP contribution in [0.5, 0.6) is 5.75 Å². The van der Waals surface area contributed by atoms with E-state index < -0.39 is 15.8 Å². The quantitative estimate of drug-likeness (QED) is 0.486. The Labute approximate surface area is 162 Å². The van der Waals surface area contributed by atoms with Gasteiger partial charge in [0.25, 0.3) is 10.0 Å². The van der Waals surface area contributed by atoms with Crippen LogP contribution in [0.2, 0.25) is 0 Å². The Balaban J connectivity index is 2.02. The van der Waals surface area contributed by atoms with Crippen molar-refractivity contribution in [3.63, 3.8) is 0 Å². The fourth-order valence-corrected chi connectivity index (χ4v) is 4.57. The zero-order chi connectivity index (χ0) is 19.7. The fraction of sp³-hybridized carbons (Fsp3) is 0.0476. The Morgan fingerprint density at radius 3 is 2.39 bits per heavy atom. The molecule has 7 heteroatoms. The highest BCUT2D eigenvalue weighted by atomic mass is 32.2. The number of carbonyl (C=O) groups is 1. The minimum Gasteiger partial charge on any atom is -0.497 e. The topological polar surface area (TPSA) is 78.3 Å². The van der Waals surface area contributed by atoms with Gasteiger partial charge in [-0.1, -0.05) is 24.3 Å². The van der Waals surface area contributed by atoms with Gasteiger partial charge in [-0.2, -0.15) is 0 Å². The molecule has 6 nitrogen and oxygen atoms in total. The summed E-state index contributed by atoms with van der Waals surface area (Å²) in [6, 6.07) is 19.5. The lowest BCUT2D eigenvalue weighted by atomic mass is 10.2. The molecule has 0 bridgehead atoms. The Kier molecular flexibility index (Phi) is 4.44. The lowest BCUT2D eigenvalue weighted by Crippen LogP contribution is -2.19. The second kappa shape index (κ2) is 6.94. The number of carbonyl (C=O) groups excluding carboxylic acids is 1. The van der Waals surface area contributed by atoms with Crippen LogP contribution < -0.4 is 4.74 Å². The molecule has 0 saturated heterocycles. The van der Waals surface area contributed by atoms with Crippen molar-refractivity contribution in [1.29, 1.82) is 0 Å². The normalized spacial score (nSPS) is 11.5. The number of nitrogens with zero attached hydrogens (tertiary/aromatic N) is 2. The van der Waals surface area contributed by atoms with Crippen molar-refractivity contribution >= 4 is 26.7 Å². The van der Waals surface area contributed by atoms with Crippen LogP contribution in [-0.4, -0.2) is 30.3 Å². The molecule has 140 valence electrons. The van der Waals surface area contributed by atoms with Crippen LogP contribution in [0.4, 0.5) is 0 Å². The molecule has 0 unspecified atom stereocenters. The Bertz CT molecular complexity index is 1260. The van der Waals surface area contributed by atoms with Gasteiger partial charge in [0.2, 0.25) is 5.78 Å². The maximum absolute atomic E-state index is 13.4. The molecule has 0 atom stereocenters. The van der Waals surface area contributed by atoms with Crippen molar-refractivity contribution in [1.82, 2.24) is 8.96 Å². The Hall–Kier alpha value is -3.45. The van der Waals surface area contributed by atoms with Gasteiger partial charge >= 0.3 is 0 Å². The monoisotopic (exact) mass is 392 g/mol. The summed E-state index contributed by atoms with van der Waals surface area (Å²) in [5.74, 6) is 0.0915. The molecule has 0 aliphatic carbocycles. The summed E-state index contributed by atoms with van der Waals surface area (Å²) in [6.07, 6.45) is 1.49. The van der Waals surface area contributed by atoms with Crippen LogP contribution in [0, 0.1) is 0 Å². The largest absolute Gasteiger partial charge is 0.497 e. The molecule has 0 spiro atoms. The van der Waals surface area contributed by atoms with E-state index in [1.165, 1.54) is 25.4 Å². The molecular weight excluding hydrogens is 376 g/mol. The summed E-state index contributed by atoms with van der Waals surface area (Å²) < 4.78 is 33.1. The number of hydrogen-bond donors (Lipinski definition) is 0. The second-order valence-electron chi connectivity index (χ2n) is 6.08. The first-order valence-corrected chi connectivity index (χ1v) is 9.92. The van der Waals surface area contributed by atoms with E-state index >= 15 is 0 Å². The maximum Gasteiger partial charge on any atom is 0.268 e. The lowest BCUT2D eigenvalue weighted by Gasteiger charge is -2.11. The fourth-order valence-electron chi connectivity index (χ4n) is 3.04. The first-order chi connectivity index (χ1) is 13.5. The minimum atomic E-state index is -4.00. The number of ketones is 1. The third kappa shape index (κ3) is 2.95. The van der Waals surface area contributed by atoms with Crippen LogP contribution in [-0.2, 0) is 10.0 Å². The summed E-state index contributed by atoms with van der Waals surface area (Å²) in [4.78, 5) is 17.3. The number of ether oxygens (including phenoxy) is 1. The number of fused-ring (bicyclic) bond motifs is 1. The molecule has 0 radical (unpaired) electrons. The average molecular weight is 392 g/mol. The third-order valence-electron chi connectivity index (χ3n) is 4.38. The Morgan fingerprint density at radius 1 is 0.964 bits per heavy atom. The molecule has 0 aliphatic heterocycles. The van der Waals surface area contributed by atoms with E-state index in [4.69, 9.17) is 4.74 Å². The molecule has 2 aromatic heterocycles. The standard InChI is InChI=1S/C21H16N2O4S/c1-27-16-10-11-19-15(13-16)14-20(21(24)18-9-5-6-12-22-18)23(19)28(25,26)17-7-3-2-4-8-17/h2-14H,1H3. The van der Waals surface area contributed by atoms with Gasteiger partial charge in [-0.25, -0.2) is 12.4 Å². The van der Waals surface area contributed by atoms with Gasteiger partial charge in [0.15, 0.2) is 0 Å². The minimum absolute atomic E-state index is 0.0193. The number of hydrogen-bond acceptors (Lipinski definition) is 5. The number of methoxy groups -OCH3 is 1. The van der Waals surface area contributed by atoms with E-state index in [-0.39, 0.29) is 16.3 Å². The summed E-state index contributed by atoms with van der Waals surface area (Å²) >= 11 is 0. The smallest absolute Gasteiger partial charge is 0.268 e.